The zero-order valence-electron chi connectivity index (χ0n) is 8.59. The highest BCUT2D eigenvalue weighted by Gasteiger charge is 1.97. The highest BCUT2D eigenvalue weighted by atomic mass is 35.5. The van der Waals surface area contributed by atoms with Gasteiger partial charge in [-0.25, -0.2) is 0 Å². The number of nitrogens with one attached hydrogen (secondary N) is 2. The standard InChI is InChI=1S/C7H7ClN2.C4H9N/c8-6-3-1-2-5(4-9)7(6)10;1-2-4-5-3-1/h1-4,9H,10H2;5H,1-4H2. The van der Waals surface area contributed by atoms with Gasteiger partial charge in [0.05, 0.1) is 10.7 Å². The molecule has 4 heteroatoms. The van der Waals surface area contributed by atoms with Crippen LogP contribution < -0.4 is 11.1 Å². The Hall–Kier alpha value is -1.06. The molecule has 0 unspecified atom stereocenters. The summed E-state index contributed by atoms with van der Waals surface area (Å²) in [4.78, 5) is 0. The molecule has 1 heterocycles. The fraction of sp³-hybridized carbons (Fsp3) is 0.364. The summed E-state index contributed by atoms with van der Waals surface area (Å²) in [6.07, 6.45) is 3.96. The van der Waals surface area contributed by atoms with Crippen molar-refractivity contribution in [1.82, 2.24) is 5.32 Å². The zero-order chi connectivity index (χ0) is 11.1. The largest absolute Gasteiger partial charge is 0.397 e. The summed E-state index contributed by atoms with van der Waals surface area (Å²) in [5.41, 5.74) is 6.64. The molecule has 4 N–H and O–H groups in total. The lowest BCUT2D eigenvalue weighted by Gasteiger charge is -1.99. The van der Waals surface area contributed by atoms with Crippen LogP contribution in [-0.2, 0) is 0 Å². The van der Waals surface area contributed by atoms with Crippen molar-refractivity contribution >= 4 is 23.5 Å². The molecular weight excluding hydrogens is 210 g/mol. The fourth-order valence-corrected chi connectivity index (χ4v) is 1.49. The van der Waals surface area contributed by atoms with Gasteiger partial charge in [-0.15, -0.1) is 0 Å². The Balaban J connectivity index is 0.000000187. The summed E-state index contributed by atoms with van der Waals surface area (Å²) in [7, 11) is 0. The molecule has 2 rings (SSSR count). The quantitative estimate of drug-likeness (QED) is 0.507. The molecule has 1 aromatic rings. The second-order valence-electron chi connectivity index (χ2n) is 3.34. The van der Waals surface area contributed by atoms with E-state index in [1.807, 2.05) is 0 Å². The first-order valence-electron chi connectivity index (χ1n) is 5.01. The third-order valence-electron chi connectivity index (χ3n) is 2.20. The van der Waals surface area contributed by atoms with Crippen LogP contribution in [0.5, 0.6) is 0 Å². The number of anilines is 1. The first-order valence-corrected chi connectivity index (χ1v) is 5.38. The molecule has 1 aliphatic rings. The van der Waals surface area contributed by atoms with Crippen LogP contribution in [0, 0.1) is 5.41 Å². The molecule has 0 aromatic heterocycles. The average Bonchev–Trinajstić information content (AvgIpc) is 2.80. The van der Waals surface area contributed by atoms with Gasteiger partial charge >= 0.3 is 0 Å². The Labute approximate surface area is 95.1 Å². The molecule has 0 bridgehead atoms. The Morgan fingerprint density at radius 2 is 2.00 bits per heavy atom. The van der Waals surface area contributed by atoms with Crippen molar-refractivity contribution in [2.24, 2.45) is 0 Å². The van der Waals surface area contributed by atoms with E-state index >= 15 is 0 Å². The molecule has 0 aliphatic carbocycles. The second kappa shape index (κ2) is 6.43. The number of nitrogens with two attached hydrogens (primary N) is 1. The van der Waals surface area contributed by atoms with E-state index in [-0.39, 0.29) is 0 Å². The number of rotatable bonds is 1. The van der Waals surface area contributed by atoms with Gasteiger partial charge in [-0.05, 0) is 32.0 Å². The Morgan fingerprint density at radius 3 is 2.40 bits per heavy atom. The van der Waals surface area contributed by atoms with Crippen LogP contribution in [-0.4, -0.2) is 19.3 Å². The summed E-state index contributed by atoms with van der Waals surface area (Å²) in [6.45, 7) is 2.50. The van der Waals surface area contributed by atoms with Gasteiger partial charge in [0.2, 0.25) is 0 Å². The molecule has 0 atom stereocenters. The number of para-hydroxylation sites is 1. The van der Waals surface area contributed by atoms with Gasteiger partial charge in [0.15, 0.2) is 0 Å². The van der Waals surface area contributed by atoms with Gasteiger partial charge in [0.1, 0.15) is 0 Å². The SMILES string of the molecule is C1CCNC1.N=Cc1cccc(Cl)c1N. The van der Waals surface area contributed by atoms with Gasteiger partial charge in [0.25, 0.3) is 0 Å². The molecule has 1 saturated heterocycles. The predicted octanol–water partition coefficient (Wildman–Crippen LogP) is 2.29. The summed E-state index contributed by atoms with van der Waals surface area (Å²) in [6, 6.07) is 5.21. The summed E-state index contributed by atoms with van der Waals surface area (Å²) in [5, 5.41) is 10.6. The van der Waals surface area contributed by atoms with Crippen LogP contribution >= 0.6 is 11.6 Å². The molecular formula is C11H16ClN3. The first-order chi connectivity index (χ1) is 7.25. The first kappa shape index (κ1) is 12.0. The van der Waals surface area contributed by atoms with Crippen molar-refractivity contribution in [3.63, 3.8) is 0 Å². The fourth-order valence-electron chi connectivity index (χ4n) is 1.30. The third-order valence-corrected chi connectivity index (χ3v) is 2.53. The molecule has 0 radical (unpaired) electrons. The number of halogens is 1. The van der Waals surface area contributed by atoms with E-state index in [2.05, 4.69) is 5.32 Å². The van der Waals surface area contributed by atoms with Crippen LogP contribution in [0.3, 0.4) is 0 Å². The van der Waals surface area contributed by atoms with E-state index in [0.717, 1.165) is 0 Å². The van der Waals surface area contributed by atoms with Crippen LogP contribution in [0.2, 0.25) is 5.02 Å². The van der Waals surface area contributed by atoms with Gasteiger partial charge in [-0.3, -0.25) is 0 Å². The van der Waals surface area contributed by atoms with Crippen LogP contribution in [0.4, 0.5) is 5.69 Å². The van der Waals surface area contributed by atoms with Crippen LogP contribution in [0.1, 0.15) is 18.4 Å². The maximum absolute atomic E-state index is 6.92. The van der Waals surface area contributed by atoms with Gasteiger partial charge < -0.3 is 16.5 Å². The number of hydrogen-bond donors (Lipinski definition) is 3. The van der Waals surface area contributed by atoms with Crippen molar-refractivity contribution < 1.29 is 0 Å². The normalized spacial score (nSPS) is 14.2. The zero-order valence-corrected chi connectivity index (χ0v) is 9.35. The maximum Gasteiger partial charge on any atom is 0.0642 e. The topological polar surface area (TPSA) is 61.9 Å². The molecule has 1 fully saturated rings. The molecule has 3 nitrogen and oxygen atoms in total. The van der Waals surface area contributed by atoms with Crippen molar-refractivity contribution in [3.05, 3.63) is 28.8 Å². The number of nitrogen functional groups attached to an aromatic ring is 1. The van der Waals surface area contributed by atoms with Gasteiger partial charge in [0, 0.05) is 11.8 Å². The van der Waals surface area contributed by atoms with Gasteiger partial charge in [-0.1, -0.05) is 23.7 Å². The lowest BCUT2D eigenvalue weighted by atomic mass is 10.2. The van der Waals surface area contributed by atoms with Crippen LogP contribution in [0.25, 0.3) is 0 Å². The minimum atomic E-state index is 0.471. The second-order valence-corrected chi connectivity index (χ2v) is 3.75. The average molecular weight is 226 g/mol. The Kier molecular flexibility index (Phi) is 5.15. The highest BCUT2D eigenvalue weighted by Crippen LogP contribution is 2.20. The molecule has 0 amide bonds. The maximum atomic E-state index is 6.92. The smallest absolute Gasteiger partial charge is 0.0642 e. The lowest BCUT2D eigenvalue weighted by molar-refractivity contribution is 0.857. The van der Waals surface area contributed by atoms with Crippen molar-refractivity contribution in [2.75, 3.05) is 18.8 Å². The highest BCUT2D eigenvalue weighted by molar-refractivity contribution is 6.33. The van der Waals surface area contributed by atoms with E-state index in [9.17, 15) is 0 Å². The molecule has 0 saturated carbocycles. The number of benzene rings is 1. The molecule has 1 aromatic carbocycles. The van der Waals surface area contributed by atoms with E-state index in [4.69, 9.17) is 22.7 Å². The monoisotopic (exact) mass is 225 g/mol. The van der Waals surface area contributed by atoms with Crippen molar-refractivity contribution in [1.29, 1.82) is 5.41 Å². The summed E-state index contributed by atoms with van der Waals surface area (Å²) >= 11 is 5.66. The molecule has 0 spiro atoms. The van der Waals surface area contributed by atoms with E-state index < -0.39 is 0 Å². The predicted molar refractivity (Wildman–Crippen MR) is 65.9 cm³/mol. The van der Waals surface area contributed by atoms with Crippen molar-refractivity contribution in [3.8, 4) is 0 Å². The van der Waals surface area contributed by atoms with E-state index in [1.54, 1.807) is 18.2 Å². The summed E-state index contributed by atoms with van der Waals surface area (Å²) < 4.78 is 0. The minimum absolute atomic E-state index is 0.471. The lowest BCUT2D eigenvalue weighted by Crippen LogP contribution is -2.03. The third kappa shape index (κ3) is 3.90. The van der Waals surface area contributed by atoms with Crippen molar-refractivity contribution in [2.45, 2.75) is 12.8 Å². The Bertz CT molecular complexity index is 314. The van der Waals surface area contributed by atoms with E-state index in [0.29, 0.717) is 16.3 Å². The number of hydrogen-bond acceptors (Lipinski definition) is 3. The summed E-state index contributed by atoms with van der Waals surface area (Å²) in [5.74, 6) is 0. The molecule has 1 aliphatic heterocycles. The minimum Gasteiger partial charge on any atom is -0.397 e. The Morgan fingerprint density at radius 1 is 1.33 bits per heavy atom. The molecule has 82 valence electrons. The van der Waals surface area contributed by atoms with Crippen LogP contribution in [0.15, 0.2) is 18.2 Å². The molecule has 15 heavy (non-hydrogen) atoms. The van der Waals surface area contributed by atoms with Gasteiger partial charge in [-0.2, -0.15) is 0 Å². The van der Waals surface area contributed by atoms with E-state index in [1.165, 1.54) is 32.1 Å².